The van der Waals surface area contributed by atoms with Gasteiger partial charge in [0.15, 0.2) is 0 Å². The van der Waals surface area contributed by atoms with Crippen molar-refractivity contribution in [2.24, 2.45) is 11.8 Å². The number of amides is 2. The first-order valence-corrected chi connectivity index (χ1v) is 18.8. The number of hydrogen-bond acceptors (Lipinski definition) is 8. The van der Waals surface area contributed by atoms with Crippen molar-refractivity contribution in [3.63, 3.8) is 0 Å². The van der Waals surface area contributed by atoms with Gasteiger partial charge >= 0.3 is 6.09 Å². The summed E-state index contributed by atoms with van der Waals surface area (Å²) in [4.78, 5) is 30.4. The van der Waals surface area contributed by atoms with E-state index in [9.17, 15) is 18.0 Å². The molecular formula is C36H47ClN4O6S. The molecule has 260 valence electrons. The third kappa shape index (κ3) is 6.78. The molecule has 48 heavy (non-hydrogen) atoms. The largest absolute Gasteiger partial charge is 0.490 e. The highest BCUT2D eigenvalue weighted by atomic mass is 35.5. The zero-order valence-corrected chi connectivity index (χ0v) is 30.0. The standard InChI is InChI=1S/C36H47ClN4O6S/c1-23(2)38-34(43)47-31-9-7-17-40(5)35(3,4)33(42)39-48(44,45)27-12-15-32-30(19-27)41(20-25-10-13-28(25)31)21-36(22-46-32)16-6-8-24-18-26(37)11-14-29(24)36/h7,9,11-12,14-15,18-19,23,25,28,31H,6,8,10,13,16-17,20-22H2,1-5H3,(H,38,43)(H,39,42)/b9-7-/t25-,28+,31-,36-/m0/s1. The van der Waals surface area contributed by atoms with Crippen LogP contribution < -0.4 is 19.7 Å². The number of sulfonamides is 1. The second-order valence-electron chi connectivity index (χ2n) is 14.7. The third-order valence-corrected chi connectivity index (χ3v) is 12.3. The molecule has 2 N–H and O–H groups in total. The highest BCUT2D eigenvalue weighted by molar-refractivity contribution is 7.90. The lowest BCUT2D eigenvalue weighted by molar-refractivity contribution is -0.128. The maximum atomic E-state index is 13.7. The number of carbonyl (C=O) groups excluding carboxylic acids is 2. The van der Waals surface area contributed by atoms with E-state index in [0.717, 1.165) is 32.1 Å². The molecule has 4 aliphatic rings. The van der Waals surface area contributed by atoms with Gasteiger partial charge in [0.1, 0.15) is 11.9 Å². The van der Waals surface area contributed by atoms with E-state index in [1.54, 1.807) is 37.9 Å². The van der Waals surface area contributed by atoms with Crippen LogP contribution in [0, 0.1) is 11.8 Å². The van der Waals surface area contributed by atoms with Crippen LogP contribution in [-0.2, 0) is 31.4 Å². The second kappa shape index (κ2) is 13.2. The van der Waals surface area contributed by atoms with Crippen LogP contribution in [0.1, 0.15) is 64.5 Å². The molecular weight excluding hydrogens is 652 g/mol. The number of halogens is 1. The van der Waals surface area contributed by atoms with Gasteiger partial charge in [-0.2, -0.15) is 0 Å². The van der Waals surface area contributed by atoms with E-state index in [4.69, 9.17) is 21.1 Å². The Bertz CT molecular complexity index is 1710. The second-order valence-corrected chi connectivity index (χ2v) is 16.8. The monoisotopic (exact) mass is 698 g/mol. The Kier molecular flexibility index (Phi) is 9.52. The molecule has 1 saturated carbocycles. The third-order valence-electron chi connectivity index (χ3n) is 10.8. The average Bonchev–Trinajstić information content (AvgIpc) is 3.14. The number of hydrogen-bond donors (Lipinski definition) is 2. The van der Waals surface area contributed by atoms with Gasteiger partial charge in [-0.05, 0) is 120 Å². The first kappa shape index (κ1) is 34.6. The van der Waals surface area contributed by atoms with Crippen molar-refractivity contribution in [1.82, 2.24) is 14.9 Å². The lowest BCUT2D eigenvalue weighted by Gasteiger charge is -2.46. The summed E-state index contributed by atoms with van der Waals surface area (Å²) >= 11 is 6.43. The fraction of sp³-hybridized carbons (Fsp3) is 0.556. The Morgan fingerprint density at radius 3 is 2.69 bits per heavy atom. The van der Waals surface area contributed by atoms with E-state index in [-0.39, 0.29) is 28.2 Å². The molecule has 6 rings (SSSR count). The normalized spacial score (nSPS) is 28.9. The molecule has 0 saturated heterocycles. The molecule has 2 amide bonds. The van der Waals surface area contributed by atoms with E-state index < -0.39 is 33.7 Å². The molecule has 1 spiro atoms. The van der Waals surface area contributed by atoms with Gasteiger partial charge < -0.3 is 19.7 Å². The van der Waals surface area contributed by atoms with Crippen LogP contribution in [0.15, 0.2) is 53.4 Å². The van der Waals surface area contributed by atoms with Crippen LogP contribution in [0.25, 0.3) is 0 Å². The maximum Gasteiger partial charge on any atom is 0.407 e. The van der Waals surface area contributed by atoms with Gasteiger partial charge in [-0.15, -0.1) is 0 Å². The Morgan fingerprint density at radius 2 is 1.96 bits per heavy atom. The minimum atomic E-state index is -4.20. The Hall–Kier alpha value is -3.28. The smallest absolute Gasteiger partial charge is 0.407 e. The number of alkyl carbamates (subject to hydrolysis) is 1. The van der Waals surface area contributed by atoms with Crippen LogP contribution in [0.4, 0.5) is 10.5 Å². The van der Waals surface area contributed by atoms with Gasteiger partial charge in [0.05, 0.1) is 22.7 Å². The van der Waals surface area contributed by atoms with Crippen molar-refractivity contribution >= 4 is 39.3 Å². The van der Waals surface area contributed by atoms with E-state index in [1.807, 2.05) is 32.1 Å². The van der Waals surface area contributed by atoms with Gasteiger partial charge in [0.2, 0.25) is 0 Å². The number of carbonyl (C=O) groups is 2. The molecule has 2 aliphatic heterocycles. The molecule has 2 aliphatic carbocycles. The summed E-state index contributed by atoms with van der Waals surface area (Å²) < 4.78 is 42.4. The van der Waals surface area contributed by atoms with Crippen molar-refractivity contribution in [2.75, 3.05) is 38.2 Å². The molecule has 2 heterocycles. The number of nitrogens with zero attached hydrogens (tertiary/aromatic N) is 2. The summed E-state index contributed by atoms with van der Waals surface area (Å²) in [6.07, 6.45) is 7.54. The van der Waals surface area contributed by atoms with Crippen LogP contribution >= 0.6 is 11.6 Å². The molecule has 0 radical (unpaired) electrons. The Labute approximate surface area is 289 Å². The number of nitrogens with one attached hydrogen (secondary N) is 2. The van der Waals surface area contributed by atoms with Crippen LogP contribution in [0.3, 0.4) is 0 Å². The number of fused-ring (bicyclic) bond motifs is 4. The number of anilines is 1. The Balaban J connectivity index is 1.44. The van der Waals surface area contributed by atoms with Crippen LogP contribution in [0.2, 0.25) is 5.02 Å². The van der Waals surface area contributed by atoms with Crippen molar-refractivity contribution < 1.29 is 27.5 Å². The lowest BCUT2D eigenvalue weighted by Crippen LogP contribution is -2.54. The van der Waals surface area contributed by atoms with E-state index in [0.29, 0.717) is 42.7 Å². The van der Waals surface area contributed by atoms with Gasteiger partial charge in [0, 0.05) is 42.0 Å². The van der Waals surface area contributed by atoms with Gasteiger partial charge in [-0.3, -0.25) is 9.69 Å². The van der Waals surface area contributed by atoms with Gasteiger partial charge in [-0.1, -0.05) is 23.7 Å². The molecule has 2 aromatic rings. The first-order chi connectivity index (χ1) is 22.7. The SMILES string of the molecule is CC(C)NC(=O)O[C@H]1/C=C\CN(C)C(C)(C)C(=O)NS(=O)(=O)c2ccc3c(c2)N(C[C@@H]2CC[C@H]21)C[C@@]1(CCCc2cc(Cl)ccc21)CO3. The minimum Gasteiger partial charge on any atom is -0.490 e. The predicted molar refractivity (Wildman–Crippen MR) is 186 cm³/mol. The molecule has 10 nitrogen and oxygen atoms in total. The average molecular weight is 699 g/mol. The molecule has 0 unspecified atom stereocenters. The fourth-order valence-corrected chi connectivity index (χ4v) is 8.84. The summed E-state index contributed by atoms with van der Waals surface area (Å²) in [6.45, 7) is 9.17. The summed E-state index contributed by atoms with van der Waals surface area (Å²) in [7, 11) is -2.44. The molecule has 2 bridgehead atoms. The number of likely N-dealkylation sites (N-methyl/N-ethyl adjacent to an activating group) is 1. The molecule has 0 aromatic heterocycles. The van der Waals surface area contributed by atoms with E-state index in [2.05, 4.69) is 27.1 Å². The maximum absolute atomic E-state index is 13.7. The highest BCUT2D eigenvalue weighted by Crippen LogP contribution is 2.47. The number of ether oxygens (including phenoxy) is 2. The van der Waals surface area contributed by atoms with Crippen molar-refractivity contribution in [3.8, 4) is 5.75 Å². The van der Waals surface area contributed by atoms with Crippen molar-refractivity contribution in [2.45, 2.75) is 87.8 Å². The summed E-state index contributed by atoms with van der Waals surface area (Å²) in [5.41, 5.74) is 1.59. The van der Waals surface area contributed by atoms with Crippen LogP contribution in [-0.4, -0.2) is 76.3 Å². The predicted octanol–water partition coefficient (Wildman–Crippen LogP) is 5.43. The number of rotatable bonds is 2. The topological polar surface area (TPSA) is 117 Å². The summed E-state index contributed by atoms with van der Waals surface area (Å²) in [5, 5.41) is 3.56. The number of benzene rings is 2. The van der Waals surface area contributed by atoms with E-state index in [1.165, 1.54) is 17.2 Å². The van der Waals surface area contributed by atoms with Crippen LogP contribution in [0.5, 0.6) is 5.75 Å². The zero-order valence-electron chi connectivity index (χ0n) is 28.4. The molecule has 4 atom stereocenters. The Morgan fingerprint density at radius 1 is 1.17 bits per heavy atom. The van der Waals surface area contributed by atoms with Gasteiger partial charge in [0.25, 0.3) is 15.9 Å². The first-order valence-electron chi connectivity index (χ1n) is 16.9. The van der Waals surface area contributed by atoms with Crippen molar-refractivity contribution in [3.05, 3.63) is 64.7 Å². The summed E-state index contributed by atoms with van der Waals surface area (Å²) in [6, 6.07) is 10.9. The molecule has 1 fully saturated rings. The quantitative estimate of drug-likeness (QED) is 0.399. The van der Waals surface area contributed by atoms with E-state index >= 15 is 0 Å². The summed E-state index contributed by atoms with van der Waals surface area (Å²) in [5.74, 6) is 0.180. The molecule has 2 aromatic carbocycles. The zero-order chi connectivity index (χ0) is 34.4. The van der Waals surface area contributed by atoms with Gasteiger partial charge in [-0.25, -0.2) is 17.9 Å². The molecule has 12 heteroatoms. The minimum absolute atomic E-state index is 0.00264. The highest BCUT2D eigenvalue weighted by Gasteiger charge is 2.45. The lowest BCUT2D eigenvalue weighted by atomic mass is 9.68. The number of aryl methyl sites for hydroxylation is 1. The van der Waals surface area contributed by atoms with Crippen molar-refractivity contribution in [1.29, 1.82) is 0 Å². The fourth-order valence-electron chi connectivity index (χ4n) is 7.52.